The summed E-state index contributed by atoms with van der Waals surface area (Å²) in [6.45, 7) is -0.0246. The van der Waals surface area contributed by atoms with Crippen molar-refractivity contribution in [1.29, 1.82) is 0 Å². The number of rotatable bonds is 10. The molecule has 0 aliphatic heterocycles. The van der Waals surface area contributed by atoms with Gasteiger partial charge in [-0.25, -0.2) is 4.79 Å². The highest BCUT2D eigenvalue weighted by Gasteiger charge is 2.19. The second-order valence-corrected chi connectivity index (χ2v) is 7.26. The second kappa shape index (κ2) is 11.7. The fraction of sp³-hybridized carbons (Fsp3) is 0.231. The molecule has 3 rings (SSSR count). The minimum absolute atomic E-state index is 0.360. The molecule has 0 aliphatic carbocycles. The Bertz CT molecular complexity index is 1020. The zero-order valence-corrected chi connectivity index (χ0v) is 18.9. The molecule has 1 amide bonds. The minimum atomic E-state index is -0.575. The summed E-state index contributed by atoms with van der Waals surface area (Å²) in [7, 11) is 4.77. The molecule has 0 spiro atoms. The lowest BCUT2D eigenvalue weighted by molar-refractivity contribution is -0.124. The number of ether oxygens (including phenoxy) is 4. The van der Waals surface area contributed by atoms with Gasteiger partial charge in [0.2, 0.25) is 0 Å². The number of nitrogens with one attached hydrogen (secondary N) is 1. The van der Waals surface area contributed by atoms with Gasteiger partial charge in [0.1, 0.15) is 11.5 Å². The number of carbonyl (C=O) groups is 2. The van der Waals surface area contributed by atoms with E-state index in [1.54, 1.807) is 39.5 Å². The average molecular weight is 450 g/mol. The van der Waals surface area contributed by atoms with E-state index >= 15 is 0 Å². The van der Waals surface area contributed by atoms with E-state index in [9.17, 15) is 9.59 Å². The summed E-state index contributed by atoms with van der Waals surface area (Å²) in [5, 5.41) is 2.95. The first kappa shape index (κ1) is 23.8. The predicted molar refractivity (Wildman–Crippen MR) is 123 cm³/mol. The SMILES string of the molecule is COCc1cccc(C(=O)OCC(=O)NC(c2ccc(OC)cc2)c2ccc(OC)cc2)c1. The molecule has 0 aromatic heterocycles. The summed E-state index contributed by atoms with van der Waals surface area (Å²) in [6.07, 6.45) is 0. The molecule has 1 N–H and O–H groups in total. The number of esters is 1. The Morgan fingerprint density at radius 3 is 1.91 bits per heavy atom. The largest absolute Gasteiger partial charge is 0.497 e. The van der Waals surface area contributed by atoms with Crippen molar-refractivity contribution in [3.63, 3.8) is 0 Å². The first-order valence-electron chi connectivity index (χ1n) is 10.4. The van der Waals surface area contributed by atoms with Crippen molar-refractivity contribution in [2.45, 2.75) is 12.6 Å². The molecule has 7 nitrogen and oxygen atoms in total. The maximum atomic E-state index is 12.7. The standard InChI is InChI=1S/C26H27NO6/c1-30-16-18-5-4-6-21(15-18)26(29)33-17-24(28)27-25(19-7-11-22(31-2)12-8-19)20-9-13-23(32-3)14-10-20/h4-15,25H,16-17H2,1-3H3,(H,27,28). The quantitative estimate of drug-likeness (QED) is 0.473. The zero-order chi connectivity index (χ0) is 23.6. The Labute approximate surface area is 193 Å². The van der Waals surface area contributed by atoms with Crippen LogP contribution in [0, 0.1) is 0 Å². The van der Waals surface area contributed by atoms with Gasteiger partial charge < -0.3 is 24.3 Å². The van der Waals surface area contributed by atoms with E-state index in [-0.39, 0.29) is 0 Å². The second-order valence-electron chi connectivity index (χ2n) is 7.26. The Morgan fingerprint density at radius 1 is 0.818 bits per heavy atom. The van der Waals surface area contributed by atoms with Gasteiger partial charge in [0.05, 0.1) is 32.4 Å². The molecule has 3 aromatic carbocycles. The summed E-state index contributed by atoms with van der Waals surface area (Å²) in [5.41, 5.74) is 2.91. The summed E-state index contributed by atoms with van der Waals surface area (Å²) in [6, 6.07) is 21.3. The monoisotopic (exact) mass is 449 g/mol. The molecule has 0 fully saturated rings. The summed E-state index contributed by atoms with van der Waals surface area (Å²) >= 11 is 0. The molecule has 3 aromatic rings. The van der Waals surface area contributed by atoms with Gasteiger partial charge in [0.25, 0.3) is 5.91 Å². The van der Waals surface area contributed by atoms with Crippen LogP contribution >= 0.6 is 0 Å². The van der Waals surface area contributed by atoms with Crippen LogP contribution in [0.15, 0.2) is 72.8 Å². The Balaban J connectivity index is 1.71. The third-order valence-corrected chi connectivity index (χ3v) is 5.01. The van der Waals surface area contributed by atoms with Gasteiger partial charge in [-0.3, -0.25) is 4.79 Å². The first-order chi connectivity index (χ1) is 16.0. The van der Waals surface area contributed by atoms with Crippen molar-refractivity contribution in [2.75, 3.05) is 27.9 Å². The maximum absolute atomic E-state index is 12.7. The summed E-state index contributed by atoms with van der Waals surface area (Å²) in [4.78, 5) is 25.1. The number of amides is 1. The third-order valence-electron chi connectivity index (χ3n) is 5.01. The fourth-order valence-corrected chi connectivity index (χ4v) is 3.32. The lowest BCUT2D eigenvalue weighted by Gasteiger charge is -2.20. The maximum Gasteiger partial charge on any atom is 0.338 e. The molecule has 0 saturated carbocycles. The smallest absolute Gasteiger partial charge is 0.338 e. The van der Waals surface area contributed by atoms with Crippen LogP contribution in [0.4, 0.5) is 0 Å². The van der Waals surface area contributed by atoms with Crippen LogP contribution in [0.5, 0.6) is 11.5 Å². The Hall–Kier alpha value is -3.84. The van der Waals surface area contributed by atoms with Crippen molar-refractivity contribution >= 4 is 11.9 Å². The molecule has 0 aliphatic rings. The fourth-order valence-electron chi connectivity index (χ4n) is 3.32. The van der Waals surface area contributed by atoms with Gasteiger partial charge in [0.15, 0.2) is 6.61 Å². The van der Waals surface area contributed by atoms with Crippen molar-refractivity contribution < 1.29 is 28.5 Å². The highest BCUT2D eigenvalue weighted by Crippen LogP contribution is 2.26. The first-order valence-corrected chi connectivity index (χ1v) is 10.4. The van der Waals surface area contributed by atoms with Crippen molar-refractivity contribution in [3.8, 4) is 11.5 Å². The van der Waals surface area contributed by atoms with Crippen molar-refractivity contribution in [3.05, 3.63) is 95.1 Å². The van der Waals surface area contributed by atoms with Gasteiger partial charge in [0, 0.05) is 7.11 Å². The van der Waals surface area contributed by atoms with Gasteiger partial charge >= 0.3 is 5.97 Å². The van der Waals surface area contributed by atoms with Crippen molar-refractivity contribution in [1.82, 2.24) is 5.32 Å². The van der Waals surface area contributed by atoms with Crippen molar-refractivity contribution in [2.24, 2.45) is 0 Å². The normalized spacial score (nSPS) is 10.5. The number of methoxy groups -OCH3 is 3. The molecule has 0 bridgehead atoms. The number of carbonyl (C=O) groups excluding carboxylic acids is 2. The highest BCUT2D eigenvalue weighted by atomic mass is 16.5. The summed E-state index contributed by atoms with van der Waals surface area (Å²) in [5.74, 6) is 0.424. The highest BCUT2D eigenvalue weighted by molar-refractivity contribution is 5.91. The number of benzene rings is 3. The molecule has 0 atom stereocenters. The molecule has 0 saturated heterocycles. The lowest BCUT2D eigenvalue weighted by Crippen LogP contribution is -2.33. The number of hydrogen-bond acceptors (Lipinski definition) is 6. The van der Waals surface area contributed by atoms with E-state index in [1.807, 2.05) is 54.6 Å². The van der Waals surface area contributed by atoms with E-state index in [1.165, 1.54) is 0 Å². The van der Waals surface area contributed by atoms with Crippen LogP contribution in [0.1, 0.15) is 33.1 Å². The van der Waals surface area contributed by atoms with Crippen LogP contribution in [-0.4, -0.2) is 39.8 Å². The van der Waals surface area contributed by atoms with Crippen LogP contribution < -0.4 is 14.8 Å². The van der Waals surface area contributed by atoms with Crippen LogP contribution in [0.25, 0.3) is 0 Å². The summed E-state index contributed by atoms with van der Waals surface area (Å²) < 4.78 is 20.8. The Kier molecular flexibility index (Phi) is 8.43. The minimum Gasteiger partial charge on any atom is -0.497 e. The van der Waals surface area contributed by atoms with Crippen LogP contribution in [0.3, 0.4) is 0 Å². The molecule has 172 valence electrons. The van der Waals surface area contributed by atoms with Gasteiger partial charge in [-0.05, 0) is 53.1 Å². The molecule has 7 heteroatoms. The topological polar surface area (TPSA) is 83.1 Å². The number of hydrogen-bond donors (Lipinski definition) is 1. The average Bonchev–Trinajstić information content (AvgIpc) is 2.86. The molecule has 0 radical (unpaired) electrons. The third kappa shape index (κ3) is 6.57. The van der Waals surface area contributed by atoms with E-state index in [0.717, 1.165) is 16.7 Å². The van der Waals surface area contributed by atoms with Gasteiger partial charge in [-0.15, -0.1) is 0 Å². The van der Waals surface area contributed by atoms with E-state index < -0.39 is 24.5 Å². The van der Waals surface area contributed by atoms with E-state index in [4.69, 9.17) is 18.9 Å². The molecular formula is C26H27NO6. The molecule has 0 unspecified atom stereocenters. The Morgan fingerprint density at radius 2 is 1.39 bits per heavy atom. The molecule has 33 heavy (non-hydrogen) atoms. The van der Waals surface area contributed by atoms with Crippen LogP contribution in [0.2, 0.25) is 0 Å². The van der Waals surface area contributed by atoms with E-state index in [2.05, 4.69) is 5.32 Å². The lowest BCUT2D eigenvalue weighted by atomic mass is 9.98. The predicted octanol–water partition coefficient (Wildman–Crippen LogP) is 3.91. The van der Waals surface area contributed by atoms with Gasteiger partial charge in [-0.2, -0.15) is 0 Å². The molecular weight excluding hydrogens is 422 g/mol. The van der Waals surface area contributed by atoms with Gasteiger partial charge in [-0.1, -0.05) is 36.4 Å². The zero-order valence-electron chi connectivity index (χ0n) is 18.9. The molecule has 0 heterocycles. The van der Waals surface area contributed by atoms with E-state index in [0.29, 0.717) is 23.7 Å². The van der Waals surface area contributed by atoms with Crippen LogP contribution in [-0.2, 0) is 20.9 Å².